The Hall–Kier alpha value is -2.11. The SMILES string of the molecule is CCCC(Nc1ncccc1C(N)=O)C(=O)O. The molecule has 0 aliphatic heterocycles. The minimum Gasteiger partial charge on any atom is -0.480 e. The smallest absolute Gasteiger partial charge is 0.326 e. The topological polar surface area (TPSA) is 105 Å². The molecule has 0 saturated heterocycles. The second kappa shape index (κ2) is 5.83. The van der Waals surface area contributed by atoms with Crippen molar-refractivity contribution in [3.05, 3.63) is 23.9 Å². The fourth-order valence-electron chi connectivity index (χ4n) is 1.43. The molecule has 6 nitrogen and oxygen atoms in total. The standard InChI is InChI=1S/C11H15N3O3/c1-2-4-8(11(16)17)14-10-7(9(12)15)5-3-6-13-10/h3,5-6,8H,2,4H2,1H3,(H2,12,15)(H,13,14)(H,16,17). The van der Waals surface area contributed by atoms with Gasteiger partial charge in [0.05, 0.1) is 5.56 Å². The zero-order valence-corrected chi connectivity index (χ0v) is 9.51. The quantitative estimate of drug-likeness (QED) is 0.680. The number of nitrogens with zero attached hydrogens (tertiary/aromatic N) is 1. The molecular weight excluding hydrogens is 222 g/mol. The predicted octanol–water partition coefficient (Wildman–Crippen LogP) is 0.846. The van der Waals surface area contributed by atoms with E-state index in [1.165, 1.54) is 12.3 Å². The maximum Gasteiger partial charge on any atom is 0.326 e. The van der Waals surface area contributed by atoms with Gasteiger partial charge in [0.1, 0.15) is 11.9 Å². The lowest BCUT2D eigenvalue weighted by Crippen LogP contribution is -2.30. The number of hydrogen-bond acceptors (Lipinski definition) is 4. The molecule has 1 rings (SSSR count). The summed E-state index contributed by atoms with van der Waals surface area (Å²) in [7, 11) is 0. The molecule has 0 aliphatic rings. The number of carboxylic acid groups (broad SMARTS) is 1. The van der Waals surface area contributed by atoms with E-state index in [0.717, 1.165) is 0 Å². The monoisotopic (exact) mass is 237 g/mol. The van der Waals surface area contributed by atoms with Crippen LogP contribution in [0.1, 0.15) is 30.1 Å². The zero-order chi connectivity index (χ0) is 12.8. The number of nitrogens with two attached hydrogens (primary N) is 1. The number of pyridine rings is 1. The van der Waals surface area contributed by atoms with Gasteiger partial charge in [0.25, 0.3) is 5.91 Å². The summed E-state index contributed by atoms with van der Waals surface area (Å²) in [5.41, 5.74) is 5.36. The van der Waals surface area contributed by atoms with Gasteiger partial charge in [-0.3, -0.25) is 4.79 Å². The molecular formula is C11H15N3O3. The zero-order valence-electron chi connectivity index (χ0n) is 9.51. The Kier molecular flexibility index (Phi) is 4.45. The van der Waals surface area contributed by atoms with Gasteiger partial charge in [0.2, 0.25) is 0 Å². The van der Waals surface area contributed by atoms with Crippen molar-refractivity contribution in [1.29, 1.82) is 0 Å². The molecule has 1 unspecified atom stereocenters. The first-order valence-corrected chi connectivity index (χ1v) is 5.30. The van der Waals surface area contributed by atoms with Crippen LogP contribution in [-0.4, -0.2) is 28.0 Å². The number of carboxylic acids is 1. The third kappa shape index (κ3) is 3.44. The van der Waals surface area contributed by atoms with Crippen LogP contribution in [0.3, 0.4) is 0 Å². The average Bonchev–Trinajstić information content (AvgIpc) is 2.28. The molecule has 0 aromatic carbocycles. The Morgan fingerprint density at radius 3 is 2.82 bits per heavy atom. The normalized spacial score (nSPS) is 11.8. The number of aliphatic carboxylic acids is 1. The molecule has 1 heterocycles. The number of carbonyl (C=O) groups excluding carboxylic acids is 1. The van der Waals surface area contributed by atoms with Crippen LogP contribution in [0.4, 0.5) is 5.82 Å². The fourth-order valence-corrected chi connectivity index (χ4v) is 1.43. The molecule has 0 spiro atoms. The highest BCUT2D eigenvalue weighted by Gasteiger charge is 2.19. The van der Waals surface area contributed by atoms with Gasteiger partial charge in [-0.2, -0.15) is 0 Å². The third-order valence-corrected chi connectivity index (χ3v) is 2.26. The van der Waals surface area contributed by atoms with E-state index in [2.05, 4.69) is 10.3 Å². The largest absolute Gasteiger partial charge is 0.480 e. The lowest BCUT2D eigenvalue weighted by molar-refractivity contribution is -0.138. The van der Waals surface area contributed by atoms with E-state index in [4.69, 9.17) is 10.8 Å². The van der Waals surface area contributed by atoms with E-state index in [-0.39, 0.29) is 11.4 Å². The first kappa shape index (κ1) is 13.0. The highest BCUT2D eigenvalue weighted by atomic mass is 16.4. The summed E-state index contributed by atoms with van der Waals surface area (Å²) in [5.74, 6) is -1.41. The summed E-state index contributed by atoms with van der Waals surface area (Å²) in [5, 5.41) is 11.7. The molecule has 1 aromatic rings. The van der Waals surface area contributed by atoms with E-state index in [0.29, 0.717) is 12.8 Å². The number of nitrogens with one attached hydrogen (secondary N) is 1. The van der Waals surface area contributed by atoms with E-state index < -0.39 is 17.9 Å². The van der Waals surface area contributed by atoms with Crippen molar-refractivity contribution in [2.75, 3.05) is 5.32 Å². The Morgan fingerprint density at radius 2 is 2.29 bits per heavy atom. The van der Waals surface area contributed by atoms with Gasteiger partial charge in [-0.1, -0.05) is 13.3 Å². The molecule has 1 atom stereocenters. The van der Waals surface area contributed by atoms with Gasteiger partial charge in [-0.25, -0.2) is 9.78 Å². The minimum absolute atomic E-state index is 0.190. The van der Waals surface area contributed by atoms with E-state index >= 15 is 0 Å². The van der Waals surface area contributed by atoms with Crippen LogP contribution in [0, 0.1) is 0 Å². The Labute approximate surface area is 98.8 Å². The van der Waals surface area contributed by atoms with Crippen LogP contribution in [0.15, 0.2) is 18.3 Å². The molecule has 0 aliphatic carbocycles. The summed E-state index contributed by atoms with van der Waals surface area (Å²) in [6, 6.07) is 2.30. The van der Waals surface area contributed by atoms with Crippen LogP contribution in [0.25, 0.3) is 0 Å². The lowest BCUT2D eigenvalue weighted by Gasteiger charge is -2.15. The van der Waals surface area contributed by atoms with Crippen molar-refractivity contribution in [3.63, 3.8) is 0 Å². The van der Waals surface area contributed by atoms with Crippen LogP contribution in [0.2, 0.25) is 0 Å². The van der Waals surface area contributed by atoms with Crippen LogP contribution in [0.5, 0.6) is 0 Å². The molecule has 0 bridgehead atoms. The maximum absolute atomic E-state index is 11.1. The van der Waals surface area contributed by atoms with Gasteiger partial charge in [-0.05, 0) is 18.6 Å². The summed E-state index contributed by atoms with van der Waals surface area (Å²) in [6.07, 6.45) is 2.63. The second-order valence-corrected chi connectivity index (χ2v) is 3.59. The summed E-state index contributed by atoms with van der Waals surface area (Å²) >= 11 is 0. The summed E-state index contributed by atoms with van der Waals surface area (Å²) in [6.45, 7) is 1.88. The van der Waals surface area contributed by atoms with Crippen LogP contribution in [-0.2, 0) is 4.79 Å². The van der Waals surface area contributed by atoms with E-state index in [1.54, 1.807) is 6.07 Å². The predicted molar refractivity (Wildman–Crippen MR) is 62.7 cm³/mol. The van der Waals surface area contributed by atoms with Crippen molar-refractivity contribution < 1.29 is 14.7 Å². The maximum atomic E-state index is 11.1. The lowest BCUT2D eigenvalue weighted by atomic mass is 10.1. The van der Waals surface area contributed by atoms with Crippen molar-refractivity contribution in [1.82, 2.24) is 4.98 Å². The van der Waals surface area contributed by atoms with E-state index in [1.807, 2.05) is 6.92 Å². The van der Waals surface area contributed by atoms with Gasteiger partial charge in [0, 0.05) is 6.20 Å². The highest BCUT2D eigenvalue weighted by molar-refractivity contribution is 5.98. The molecule has 4 N–H and O–H groups in total. The van der Waals surface area contributed by atoms with Crippen molar-refractivity contribution in [2.45, 2.75) is 25.8 Å². The molecule has 92 valence electrons. The van der Waals surface area contributed by atoms with Gasteiger partial charge in [-0.15, -0.1) is 0 Å². The van der Waals surface area contributed by atoms with Crippen molar-refractivity contribution in [3.8, 4) is 0 Å². The third-order valence-electron chi connectivity index (χ3n) is 2.26. The summed E-state index contributed by atoms with van der Waals surface area (Å²) in [4.78, 5) is 26.0. The Bertz CT molecular complexity index is 420. The Morgan fingerprint density at radius 1 is 1.59 bits per heavy atom. The molecule has 1 amide bonds. The molecule has 6 heteroatoms. The Balaban J connectivity index is 2.92. The van der Waals surface area contributed by atoms with Crippen LogP contribution < -0.4 is 11.1 Å². The van der Waals surface area contributed by atoms with E-state index in [9.17, 15) is 9.59 Å². The fraction of sp³-hybridized carbons (Fsp3) is 0.364. The number of aromatic nitrogens is 1. The van der Waals surface area contributed by atoms with Crippen LogP contribution >= 0.6 is 0 Å². The van der Waals surface area contributed by atoms with Gasteiger partial charge < -0.3 is 16.2 Å². The molecule has 17 heavy (non-hydrogen) atoms. The second-order valence-electron chi connectivity index (χ2n) is 3.59. The number of primary amides is 1. The van der Waals surface area contributed by atoms with Gasteiger partial charge in [0.15, 0.2) is 0 Å². The number of amides is 1. The number of hydrogen-bond donors (Lipinski definition) is 3. The highest BCUT2D eigenvalue weighted by Crippen LogP contribution is 2.13. The van der Waals surface area contributed by atoms with Gasteiger partial charge >= 0.3 is 5.97 Å². The molecule has 0 radical (unpaired) electrons. The number of carbonyl (C=O) groups is 2. The first-order chi connectivity index (χ1) is 8.06. The summed E-state index contributed by atoms with van der Waals surface area (Å²) < 4.78 is 0. The molecule has 0 fully saturated rings. The number of rotatable bonds is 6. The minimum atomic E-state index is -0.979. The van der Waals surface area contributed by atoms with Crippen molar-refractivity contribution >= 4 is 17.7 Å². The first-order valence-electron chi connectivity index (χ1n) is 5.30. The average molecular weight is 237 g/mol. The molecule has 1 aromatic heterocycles. The molecule has 0 saturated carbocycles. The van der Waals surface area contributed by atoms with Crippen molar-refractivity contribution in [2.24, 2.45) is 5.73 Å². The number of anilines is 1.